The van der Waals surface area contributed by atoms with Gasteiger partial charge in [0.25, 0.3) is 11.8 Å². The number of nitrogens with zero attached hydrogens (tertiary/aromatic N) is 2. The minimum atomic E-state index is -0.0206. The fraction of sp³-hybridized carbons (Fsp3) is 0.435. The van der Waals surface area contributed by atoms with Crippen molar-refractivity contribution in [3.8, 4) is 0 Å². The second-order valence-corrected chi connectivity index (χ2v) is 9.03. The number of amides is 2. The van der Waals surface area contributed by atoms with Crippen LogP contribution in [0.15, 0.2) is 40.9 Å². The summed E-state index contributed by atoms with van der Waals surface area (Å²) in [6.07, 6.45) is 4.07. The van der Waals surface area contributed by atoms with Crippen LogP contribution >= 0.6 is 15.9 Å². The van der Waals surface area contributed by atoms with Crippen LogP contribution in [0.5, 0.6) is 0 Å². The number of carbonyl (C=O) groups is 2. The summed E-state index contributed by atoms with van der Waals surface area (Å²) in [5.41, 5.74) is 3.20. The van der Waals surface area contributed by atoms with Gasteiger partial charge in [0.05, 0.1) is 11.3 Å². The first-order valence-electron chi connectivity index (χ1n) is 10.3. The van der Waals surface area contributed by atoms with Crippen LogP contribution in [0.4, 0.5) is 0 Å². The number of halogens is 1. The van der Waals surface area contributed by atoms with Crippen LogP contribution < -0.4 is 5.32 Å². The van der Waals surface area contributed by atoms with Crippen LogP contribution in [-0.2, 0) is 0 Å². The number of pyridine rings is 1. The maximum atomic E-state index is 12.8. The molecule has 0 bridgehead atoms. The highest BCUT2D eigenvalue weighted by molar-refractivity contribution is 9.10. The summed E-state index contributed by atoms with van der Waals surface area (Å²) < 4.78 is 0.964. The first-order valence-corrected chi connectivity index (χ1v) is 11.1. The molecule has 2 aliphatic rings. The zero-order chi connectivity index (χ0) is 20.4. The number of benzene rings is 1. The molecule has 4 rings (SSSR count). The predicted octanol–water partition coefficient (Wildman–Crippen LogP) is 4.31. The summed E-state index contributed by atoms with van der Waals surface area (Å²) in [5, 5.41) is 3.07. The topological polar surface area (TPSA) is 62.3 Å². The van der Waals surface area contributed by atoms with Crippen molar-refractivity contribution in [3.05, 3.63) is 63.4 Å². The van der Waals surface area contributed by atoms with E-state index in [0.29, 0.717) is 30.1 Å². The molecule has 0 radical (unpaired) electrons. The van der Waals surface area contributed by atoms with Gasteiger partial charge in [0.2, 0.25) is 0 Å². The molecule has 5 nitrogen and oxygen atoms in total. The molecular formula is C23H26BrN3O2. The Morgan fingerprint density at radius 1 is 1.07 bits per heavy atom. The van der Waals surface area contributed by atoms with E-state index in [2.05, 4.69) is 21.2 Å². The Bertz CT molecular complexity index is 901. The van der Waals surface area contributed by atoms with E-state index in [-0.39, 0.29) is 17.7 Å². The molecule has 6 heteroatoms. The third-order valence-corrected chi connectivity index (χ3v) is 6.35. The highest BCUT2D eigenvalue weighted by Gasteiger charge is 2.29. The Labute approximate surface area is 180 Å². The van der Waals surface area contributed by atoms with Gasteiger partial charge in [-0.05, 0) is 74.9 Å². The first-order chi connectivity index (χ1) is 14.0. The van der Waals surface area contributed by atoms with Gasteiger partial charge in [-0.1, -0.05) is 15.9 Å². The van der Waals surface area contributed by atoms with Crippen LogP contribution in [0, 0.1) is 12.8 Å². The monoisotopic (exact) mass is 455 g/mol. The highest BCUT2D eigenvalue weighted by Crippen LogP contribution is 2.31. The molecule has 2 heterocycles. The van der Waals surface area contributed by atoms with Crippen molar-refractivity contribution < 1.29 is 9.59 Å². The lowest BCUT2D eigenvalue weighted by Crippen LogP contribution is -2.38. The second-order valence-electron chi connectivity index (χ2n) is 8.11. The Hall–Kier alpha value is -2.21. The molecule has 1 N–H and O–H groups in total. The van der Waals surface area contributed by atoms with E-state index in [0.717, 1.165) is 35.2 Å². The van der Waals surface area contributed by atoms with E-state index in [9.17, 15) is 9.59 Å². The minimum absolute atomic E-state index is 0.0206. The smallest absolute Gasteiger partial charge is 0.253 e. The fourth-order valence-electron chi connectivity index (χ4n) is 3.87. The molecule has 1 aliphatic heterocycles. The lowest BCUT2D eigenvalue weighted by atomic mass is 9.89. The summed E-state index contributed by atoms with van der Waals surface area (Å²) in [5.74, 6) is 0.891. The third kappa shape index (κ3) is 4.86. The van der Waals surface area contributed by atoms with Crippen LogP contribution in [0.1, 0.15) is 63.7 Å². The van der Waals surface area contributed by atoms with E-state index in [1.165, 1.54) is 12.8 Å². The summed E-state index contributed by atoms with van der Waals surface area (Å²) in [6.45, 7) is 4.07. The quantitative estimate of drug-likeness (QED) is 0.730. The van der Waals surface area contributed by atoms with Crippen LogP contribution in [0.25, 0.3) is 0 Å². The molecule has 29 heavy (non-hydrogen) atoms. The van der Waals surface area contributed by atoms with Gasteiger partial charge < -0.3 is 10.2 Å². The molecule has 1 saturated heterocycles. The summed E-state index contributed by atoms with van der Waals surface area (Å²) in [6, 6.07) is 11.3. The van der Waals surface area contributed by atoms with Crippen molar-refractivity contribution >= 4 is 27.7 Å². The lowest BCUT2D eigenvalue weighted by Gasteiger charge is -2.32. The number of carbonyl (C=O) groups excluding carboxylic acids is 2. The Morgan fingerprint density at radius 2 is 1.76 bits per heavy atom. The van der Waals surface area contributed by atoms with E-state index in [4.69, 9.17) is 4.98 Å². The largest absolute Gasteiger partial charge is 0.352 e. The average Bonchev–Trinajstić information content (AvgIpc) is 3.57. The molecule has 152 valence electrons. The van der Waals surface area contributed by atoms with Crippen molar-refractivity contribution in [2.24, 2.45) is 5.92 Å². The molecule has 1 aliphatic carbocycles. The van der Waals surface area contributed by atoms with Gasteiger partial charge in [0, 0.05) is 41.3 Å². The Morgan fingerprint density at radius 3 is 2.41 bits per heavy atom. The molecular weight excluding hydrogens is 430 g/mol. The van der Waals surface area contributed by atoms with Crippen molar-refractivity contribution in [1.82, 2.24) is 15.2 Å². The molecule has 0 spiro atoms. The number of rotatable bonds is 5. The molecule has 1 aromatic carbocycles. The number of aryl methyl sites for hydroxylation is 1. The average molecular weight is 456 g/mol. The van der Waals surface area contributed by atoms with E-state index < -0.39 is 0 Å². The number of nitrogens with one attached hydrogen (secondary N) is 1. The van der Waals surface area contributed by atoms with E-state index >= 15 is 0 Å². The Kier molecular flexibility index (Phi) is 5.99. The van der Waals surface area contributed by atoms with Crippen LogP contribution in [-0.4, -0.2) is 41.3 Å². The Balaban J connectivity index is 1.43. The first kappa shape index (κ1) is 20.1. The molecule has 0 atom stereocenters. The summed E-state index contributed by atoms with van der Waals surface area (Å²) in [4.78, 5) is 32.1. The van der Waals surface area contributed by atoms with Crippen molar-refractivity contribution in [3.63, 3.8) is 0 Å². The van der Waals surface area contributed by atoms with Gasteiger partial charge >= 0.3 is 0 Å². The zero-order valence-corrected chi connectivity index (χ0v) is 18.2. The molecule has 0 unspecified atom stereocenters. The molecule has 2 amide bonds. The third-order valence-electron chi connectivity index (χ3n) is 5.82. The van der Waals surface area contributed by atoms with E-state index in [1.54, 1.807) is 0 Å². The van der Waals surface area contributed by atoms with Crippen molar-refractivity contribution in [2.75, 3.05) is 19.6 Å². The van der Waals surface area contributed by atoms with Crippen LogP contribution in [0.3, 0.4) is 0 Å². The molecule has 1 aromatic heterocycles. The fourth-order valence-corrected chi connectivity index (χ4v) is 4.13. The summed E-state index contributed by atoms with van der Waals surface area (Å²) >= 11 is 3.41. The lowest BCUT2D eigenvalue weighted by molar-refractivity contribution is 0.0710. The van der Waals surface area contributed by atoms with Gasteiger partial charge in [0.15, 0.2) is 0 Å². The number of hydrogen-bond acceptors (Lipinski definition) is 3. The number of piperidine rings is 1. The van der Waals surface area contributed by atoms with Gasteiger partial charge in [0.1, 0.15) is 0 Å². The SMILES string of the molecule is Cc1ccc(C(=O)NCC2CC2)c(C2CCN(C(=O)c3ccc(Br)cc3)CC2)n1. The van der Waals surface area contributed by atoms with Crippen LogP contribution in [0.2, 0.25) is 0 Å². The van der Waals surface area contributed by atoms with Crippen molar-refractivity contribution in [2.45, 2.75) is 38.5 Å². The maximum absolute atomic E-state index is 12.8. The highest BCUT2D eigenvalue weighted by atomic mass is 79.9. The van der Waals surface area contributed by atoms with E-state index in [1.807, 2.05) is 48.2 Å². The van der Waals surface area contributed by atoms with Gasteiger partial charge in [-0.25, -0.2) is 0 Å². The zero-order valence-electron chi connectivity index (χ0n) is 16.7. The number of hydrogen-bond donors (Lipinski definition) is 1. The molecule has 1 saturated carbocycles. The molecule has 2 aromatic rings. The van der Waals surface area contributed by atoms with Gasteiger partial charge in [-0.3, -0.25) is 14.6 Å². The second kappa shape index (κ2) is 8.66. The van der Waals surface area contributed by atoms with Crippen molar-refractivity contribution in [1.29, 1.82) is 0 Å². The van der Waals surface area contributed by atoms with Gasteiger partial charge in [-0.15, -0.1) is 0 Å². The predicted molar refractivity (Wildman–Crippen MR) is 116 cm³/mol. The summed E-state index contributed by atoms with van der Waals surface area (Å²) in [7, 11) is 0. The molecule has 2 fully saturated rings. The standard InChI is InChI=1S/C23H26BrN3O2/c1-15-2-9-20(22(28)25-14-16-3-4-16)21(26-15)17-10-12-27(13-11-17)23(29)18-5-7-19(24)8-6-18/h2,5-9,16-17H,3-4,10-14H2,1H3,(H,25,28). The van der Waals surface area contributed by atoms with Gasteiger partial charge in [-0.2, -0.15) is 0 Å². The normalized spacial score (nSPS) is 17.2. The maximum Gasteiger partial charge on any atom is 0.253 e. The number of aromatic nitrogens is 1. The minimum Gasteiger partial charge on any atom is -0.352 e. The number of likely N-dealkylation sites (tertiary alicyclic amines) is 1.